The van der Waals surface area contributed by atoms with Gasteiger partial charge in [0.05, 0.1) is 0 Å². The summed E-state index contributed by atoms with van der Waals surface area (Å²) in [4.78, 5) is 0. The lowest BCUT2D eigenvalue weighted by Crippen LogP contribution is -2.30. The van der Waals surface area contributed by atoms with Crippen molar-refractivity contribution in [1.82, 2.24) is 0 Å². The lowest BCUT2D eigenvalue weighted by Gasteiger charge is -2.40. The van der Waals surface area contributed by atoms with Crippen LogP contribution in [0.15, 0.2) is 0 Å². The molecule has 2 heteroatoms. The fraction of sp³-hybridized carbons (Fsp3) is 1.00. The molecule has 0 aliphatic heterocycles. The normalized spacial score (nSPS) is 45.6. The van der Waals surface area contributed by atoms with Gasteiger partial charge >= 0.3 is 0 Å². The second kappa shape index (κ2) is 10.3. The van der Waals surface area contributed by atoms with Gasteiger partial charge in [0, 0.05) is 12.1 Å². The van der Waals surface area contributed by atoms with E-state index in [1.165, 1.54) is 89.9 Å². The SMILES string of the molecule is NC1CCC(CC2CCC(C3CCC(CC4CCC(N)CC4)CC3)CC2)CC1. The molecule has 4 aliphatic rings. The zero-order chi connectivity index (χ0) is 19.3. The highest BCUT2D eigenvalue weighted by Crippen LogP contribution is 2.45. The minimum Gasteiger partial charge on any atom is -0.328 e. The average molecular weight is 389 g/mol. The summed E-state index contributed by atoms with van der Waals surface area (Å²) in [6, 6.07) is 1.02. The van der Waals surface area contributed by atoms with Gasteiger partial charge in [-0.15, -0.1) is 0 Å². The van der Waals surface area contributed by atoms with Gasteiger partial charge in [0.15, 0.2) is 0 Å². The molecule has 0 bridgehead atoms. The van der Waals surface area contributed by atoms with Crippen molar-refractivity contribution in [3.63, 3.8) is 0 Å². The molecule has 4 fully saturated rings. The fourth-order valence-electron chi connectivity index (χ4n) is 7.58. The first-order valence-corrected chi connectivity index (χ1v) is 13.2. The van der Waals surface area contributed by atoms with Gasteiger partial charge in [-0.2, -0.15) is 0 Å². The van der Waals surface area contributed by atoms with Crippen LogP contribution in [0.4, 0.5) is 0 Å². The van der Waals surface area contributed by atoms with Gasteiger partial charge in [0.1, 0.15) is 0 Å². The fourth-order valence-corrected chi connectivity index (χ4v) is 7.58. The van der Waals surface area contributed by atoms with Crippen molar-refractivity contribution in [2.45, 2.75) is 128 Å². The molecule has 2 nitrogen and oxygen atoms in total. The lowest BCUT2D eigenvalue weighted by atomic mass is 9.66. The Kier molecular flexibility index (Phi) is 7.78. The molecule has 4 rings (SSSR count). The van der Waals surface area contributed by atoms with Crippen molar-refractivity contribution in [2.24, 2.45) is 47.0 Å². The highest BCUT2D eigenvalue weighted by atomic mass is 14.6. The molecule has 0 aromatic carbocycles. The van der Waals surface area contributed by atoms with Gasteiger partial charge in [-0.05, 0) is 125 Å². The van der Waals surface area contributed by atoms with Gasteiger partial charge in [-0.25, -0.2) is 0 Å². The average Bonchev–Trinajstić information content (AvgIpc) is 2.73. The van der Waals surface area contributed by atoms with Crippen LogP contribution in [0.5, 0.6) is 0 Å². The van der Waals surface area contributed by atoms with Gasteiger partial charge < -0.3 is 11.5 Å². The van der Waals surface area contributed by atoms with Gasteiger partial charge in [-0.1, -0.05) is 25.7 Å². The van der Waals surface area contributed by atoms with E-state index in [1.54, 1.807) is 25.7 Å². The molecule has 4 saturated carbocycles. The summed E-state index contributed by atoms with van der Waals surface area (Å²) in [7, 11) is 0. The topological polar surface area (TPSA) is 52.0 Å². The highest BCUT2D eigenvalue weighted by molar-refractivity contribution is 4.85. The monoisotopic (exact) mass is 388 g/mol. The Morgan fingerprint density at radius 3 is 0.893 bits per heavy atom. The van der Waals surface area contributed by atoms with Crippen molar-refractivity contribution in [3.05, 3.63) is 0 Å². The minimum absolute atomic E-state index is 0.512. The van der Waals surface area contributed by atoms with Crippen LogP contribution in [-0.2, 0) is 0 Å². The van der Waals surface area contributed by atoms with Crippen molar-refractivity contribution < 1.29 is 0 Å². The van der Waals surface area contributed by atoms with Crippen LogP contribution in [0.1, 0.15) is 116 Å². The van der Waals surface area contributed by atoms with E-state index >= 15 is 0 Å². The van der Waals surface area contributed by atoms with Crippen LogP contribution in [0, 0.1) is 35.5 Å². The summed E-state index contributed by atoms with van der Waals surface area (Å²) >= 11 is 0. The molecule has 0 unspecified atom stereocenters. The van der Waals surface area contributed by atoms with Crippen LogP contribution in [-0.4, -0.2) is 12.1 Å². The molecule has 0 spiro atoms. The molecule has 0 amide bonds. The molecule has 28 heavy (non-hydrogen) atoms. The Morgan fingerprint density at radius 2 is 0.607 bits per heavy atom. The highest BCUT2D eigenvalue weighted by Gasteiger charge is 2.33. The zero-order valence-electron chi connectivity index (χ0n) is 18.5. The van der Waals surface area contributed by atoms with Crippen LogP contribution in [0.3, 0.4) is 0 Å². The third kappa shape index (κ3) is 5.97. The maximum absolute atomic E-state index is 6.09. The van der Waals surface area contributed by atoms with E-state index in [4.69, 9.17) is 11.5 Å². The molecule has 0 heterocycles. The van der Waals surface area contributed by atoms with E-state index < -0.39 is 0 Å². The maximum Gasteiger partial charge on any atom is 0.00390 e. The number of rotatable bonds is 5. The standard InChI is InChI=1S/C26H48N2/c27-25-13-5-21(6-14-25)17-19-1-9-23(10-2-19)24-11-3-20(4-12-24)18-22-7-15-26(28)16-8-22/h19-26H,1-18,27-28H2. The van der Waals surface area contributed by atoms with Crippen molar-refractivity contribution in [1.29, 1.82) is 0 Å². The molecular formula is C26H48N2. The maximum atomic E-state index is 6.09. The summed E-state index contributed by atoms with van der Waals surface area (Å²) in [5.74, 6) is 6.25. The molecule has 0 radical (unpaired) electrons. The van der Waals surface area contributed by atoms with E-state index in [0.717, 1.165) is 35.5 Å². The molecule has 4 N–H and O–H groups in total. The number of nitrogens with two attached hydrogens (primary N) is 2. The first-order valence-electron chi connectivity index (χ1n) is 13.2. The van der Waals surface area contributed by atoms with E-state index in [1.807, 2.05) is 0 Å². The Bertz CT molecular complexity index is 389. The summed E-state index contributed by atoms with van der Waals surface area (Å²) in [6.07, 6.45) is 26.2. The van der Waals surface area contributed by atoms with Crippen molar-refractivity contribution in [3.8, 4) is 0 Å². The summed E-state index contributed by atoms with van der Waals surface area (Å²) in [6.45, 7) is 0. The predicted octanol–water partition coefficient (Wildman–Crippen LogP) is 6.41. The second-order valence-corrected chi connectivity index (χ2v) is 11.6. The summed E-state index contributed by atoms with van der Waals surface area (Å²) in [5, 5.41) is 0. The van der Waals surface area contributed by atoms with Gasteiger partial charge in [0.25, 0.3) is 0 Å². The molecular weight excluding hydrogens is 340 g/mol. The smallest absolute Gasteiger partial charge is 0.00390 e. The first kappa shape index (κ1) is 21.2. The van der Waals surface area contributed by atoms with Crippen LogP contribution in [0.2, 0.25) is 0 Å². The summed E-state index contributed by atoms with van der Waals surface area (Å²) in [5.41, 5.74) is 12.2. The van der Waals surface area contributed by atoms with E-state index in [2.05, 4.69) is 0 Å². The zero-order valence-corrected chi connectivity index (χ0v) is 18.5. The van der Waals surface area contributed by atoms with Gasteiger partial charge in [0.2, 0.25) is 0 Å². The first-order chi connectivity index (χ1) is 13.7. The Balaban J connectivity index is 1.11. The van der Waals surface area contributed by atoms with E-state index in [-0.39, 0.29) is 0 Å². The Labute approximate surface area is 175 Å². The molecule has 0 aromatic rings. The van der Waals surface area contributed by atoms with Crippen LogP contribution in [0.25, 0.3) is 0 Å². The molecule has 4 aliphatic carbocycles. The molecule has 0 saturated heterocycles. The van der Waals surface area contributed by atoms with Crippen LogP contribution < -0.4 is 11.5 Å². The minimum atomic E-state index is 0.512. The number of hydrogen-bond donors (Lipinski definition) is 2. The molecule has 0 atom stereocenters. The third-order valence-corrected chi connectivity index (χ3v) is 9.57. The molecule has 162 valence electrons. The Hall–Kier alpha value is -0.0800. The van der Waals surface area contributed by atoms with Crippen LogP contribution >= 0.6 is 0 Å². The molecule has 0 aromatic heterocycles. The van der Waals surface area contributed by atoms with Gasteiger partial charge in [-0.3, -0.25) is 0 Å². The van der Waals surface area contributed by atoms with Crippen molar-refractivity contribution in [2.75, 3.05) is 0 Å². The number of hydrogen-bond acceptors (Lipinski definition) is 2. The predicted molar refractivity (Wildman–Crippen MR) is 120 cm³/mol. The quantitative estimate of drug-likeness (QED) is 0.571. The third-order valence-electron chi connectivity index (χ3n) is 9.57. The van der Waals surface area contributed by atoms with E-state index in [0.29, 0.717) is 12.1 Å². The Morgan fingerprint density at radius 1 is 0.357 bits per heavy atom. The van der Waals surface area contributed by atoms with E-state index in [9.17, 15) is 0 Å². The summed E-state index contributed by atoms with van der Waals surface area (Å²) < 4.78 is 0. The largest absolute Gasteiger partial charge is 0.328 e. The lowest BCUT2D eigenvalue weighted by molar-refractivity contribution is 0.122. The second-order valence-electron chi connectivity index (χ2n) is 11.6. The van der Waals surface area contributed by atoms with Crippen molar-refractivity contribution >= 4 is 0 Å².